The Morgan fingerprint density at radius 1 is 1.23 bits per heavy atom. The predicted octanol–water partition coefficient (Wildman–Crippen LogP) is 2.19. The minimum Gasteiger partial charge on any atom is -0.450 e. The minimum absolute atomic E-state index is 0.0294. The molecule has 1 aliphatic heterocycles. The van der Waals surface area contributed by atoms with E-state index in [1.165, 1.54) is 4.68 Å². The Kier molecular flexibility index (Phi) is 5.67. The first-order valence-corrected chi connectivity index (χ1v) is 10.6. The van der Waals surface area contributed by atoms with Crippen molar-refractivity contribution in [3.05, 3.63) is 40.8 Å². The lowest BCUT2D eigenvalue weighted by molar-refractivity contribution is -0.124. The monoisotopic (exact) mass is 425 g/mol. The fraction of sp³-hybridized carbons (Fsp3) is 0.455. The Hall–Kier alpha value is -3.36. The van der Waals surface area contributed by atoms with Gasteiger partial charge in [0.25, 0.3) is 5.56 Å². The largest absolute Gasteiger partial charge is 0.450 e. The van der Waals surface area contributed by atoms with Gasteiger partial charge in [-0.05, 0) is 32.8 Å². The van der Waals surface area contributed by atoms with Gasteiger partial charge in [0.15, 0.2) is 0 Å². The van der Waals surface area contributed by atoms with Crippen molar-refractivity contribution in [2.75, 3.05) is 19.7 Å². The first kappa shape index (κ1) is 20.9. The number of benzene rings is 1. The summed E-state index contributed by atoms with van der Waals surface area (Å²) >= 11 is 0. The summed E-state index contributed by atoms with van der Waals surface area (Å²) in [7, 11) is 1.60. The van der Waals surface area contributed by atoms with E-state index >= 15 is 0 Å². The number of para-hydroxylation sites is 1. The van der Waals surface area contributed by atoms with Crippen molar-refractivity contribution < 1.29 is 14.3 Å². The molecule has 0 bridgehead atoms. The van der Waals surface area contributed by atoms with Gasteiger partial charge in [0.05, 0.1) is 18.3 Å². The zero-order valence-corrected chi connectivity index (χ0v) is 18.0. The number of nitrogens with zero attached hydrogens (tertiary/aromatic N) is 4. The van der Waals surface area contributed by atoms with Crippen LogP contribution in [-0.4, -0.2) is 57.0 Å². The molecule has 0 saturated carbocycles. The lowest BCUT2D eigenvalue weighted by Crippen LogP contribution is -2.48. The topological polar surface area (TPSA) is 98.5 Å². The molecule has 4 rings (SSSR count). The van der Waals surface area contributed by atoms with E-state index in [1.807, 2.05) is 24.3 Å². The van der Waals surface area contributed by atoms with Gasteiger partial charge in [0.1, 0.15) is 11.6 Å². The molecule has 2 amide bonds. The number of ether oxygens (including phenoxy) is 1. The maximum Gasteiger partial charge on any atom is 0.409 e. The normalized spacial score (nSPS) is 15.9. The summed E-state index contributed by atoms with van der Waals surface area (Å²) in [4.78, 5) is 39.6. The van der Waals surface area contributed by atoms with Gasteiger partial charge >= 0.3 is 6.09 Å². The Balaban J connectivity index is 1.58. The number of hydrogen-bond acceptors (Lipinski definition) is 5. The fourth-order valence-electron chi connectivity index (χ4n) is 4.25. The molecule has 2 aromatic heterocycles. The number of amides is 2. The van der Waals surface area contributed by atoms with Gasteiger partial charge in [0.2, 0.25) is 5.91 Å². The summed E-state index contributed by atoms with van der Waals surface area (Å²) in [5, 5.41) is 8.88. The maximum absolute atomic E-state index is 13.1. The lowest BCUT2D eigenvalue weighted by Gasteiger charge is -2.32. The number of piperidine rings is 1. The zero-order valence-electron chi connectivity index (χ0n) is 18.0. The highest BCUT2D eigenvalue weighted by atomic mass is 16.6. The number of nitrogens with one attached hydrogen (secondary N) is 1. The highest BCUT2D eigenvalue weighted by Gasteiger charge is 2.28. The van der Waals surface area contributed by atoms with E-state index in [-0.39, 0.29) is 23.6 Å². The number of fused-ring (bicyclic) bond motifs is 3. The molecule has 1 atom stereocenters. The van der Waals surface area contributed by atoms with E-state index in [4.69, 9.17) is 4.74 Å². The van der Waals surface area contributed by atoms with Crippen LogP contribution >= 0.6 is 0 Å². The third-order valence-corrected chi connectivity index (χ3v) is 5.94. The molecule has 3 aromatic rings. The quantitative estimate of drug-likeness (QED) is 0.691. The van der Waals surface area contributed by atoms with Gasteiger partial charge in [-0.3, -0.25) is 9.59 Å². The van der Waals surface area contributed by atoms with Gasteiger partial charge in [-0.25, -0.2) is 9.48 Å². The van der Waals surface area contributed by atoms with E-state index in [9.17, 15) is 14.4 Å². The van der Waals surface area contributed by atoms with Crippen LogP contribution < -0.4 is 10.9 Å². The van der Waals surface area contributed by atoms with Crippen LogP contribution in [0.25, 0.3) is 21.8 Å². The molecule has 0 spiro atoms. The van der Waals surface area contributed by atoms with Crippen LogP contribution in [0.2, 0.25) is 0 Å². The van der Waals surface area contributed by atoms with Gasteiger partial charge in [-0.15, -0.1) is 0 Å². The third-order valence-electron chi connectivity index (χ3n) is 5.94. The molecule has 31 heavy (non-hydrogen) atoms. The molecule has 164 valence electrons. The smallest absolute Gasteiger partial charge is 0.409 e. The number of hydrogen-bond donors (Lipinski definition) is 1. The van der Waals surface area contributed by atoms with E-state index < -0.39 is 6.04 Å². The second kappa shape index (κ2) is 8.41. The number of carbonyl (C=O) groups excluding carboxylic acids is 2. The number of aryl methyl sites for hydroxylation is 1. The molecule has 9 heteroatoms. The summed E-state index contributed by atoms with van der Waals surface area (Å²) < 4.78 is 8.14. The van der Waals surface area contributed by atoms with Crippen LogP contribution in [0, 0.1) is 0 Å². The average molecular weight is 425 g/mol. The Morgan fingerprint density at radius 2 is 1.94 bits per heavy atom. The number of likely N-dealkylation sites (tertiary alicyclic amines) is 1. The molecule has 0 aliphatic carbocycles. The molecule has 1 N–H and O–H groups in total. The predicted molar refractivity (Wildman–Crippen MR) is 117 cm³/mol. The summed E-state index contributed by atoms with van der Waals surface area (Å²) in [5.41, 5.74) is 1.05. The minimum atomic E-state index is -0.583. The van der Waals surface area contributed by atoms with Crippen molar-refractivity contribution >= 4 is 33.8 Å². The zero-order chi connectivity index (χ0) is 22.1. The lowest BCUT2D eigenvalue weighted by atomic mass is 10.0. The number of aromatic nitrogens is 3. The van der Waals surface area contributed by atoms with Crippen LogP contribution in [0.1, 0.15) is 32.7 Å². The van der Waals surface area contributed by atoms with Crippen LogP contribution in [0.3, 0.4) is 0 Å². The molecule has 1 saturated heterocycles. The summed E-state index contributed by atoms with van der Waals surface area (Å²) in [6.07, 6.45) is 2.69. The Labute approximate surface area is 179 Å². The van der Waals surface area contributed by atoms with Gasteiger partial charge in [-0.1, -0.05) is 18.2 Å². The molecule has 1 fully saturated rings. The molecular formula is C22H27N5O4. The van der Waals surface area contributed by atoms with Crippen LogP contribution in [-0.2, 0) is 16.6 Å². The summed E-state index contributed by atoms with van der Waals surface area (Å²) in [6, 6.07) is 7.04. The first-order chi connectivity index (χ1) is 14.9. The fourth-order valence-corrected chi connectivity index (χ4v) is 4.25. The Morgan fingerprint density at radius 3 is 2.65 bits per heavy atom. The second-order valence-electron chi connectivity index (χ2n) is 7.87. The van der Waals surface area contributed by atoms with Crippen molar-refractivity contribution in [3.63, 3.8) is 0 Å². The molecule has 1 aromatic carbocycles. The molecule has 9 nitrogen and oxygen atoms in total. The molecule has 1 aliphatic rings. The molecule has 0 radical (unpaired) electrons. The number of carbonyl (C=O) groups is 2. The van der Waals surface area contributed by atoms with Crippen molar-refractivity contribution in [3.8, 4) is 0 Å². The third kappa shape index (κ3) is 3.75. The molecular weight excluding hydrogens is 398 g/mol. The van der Waals surface area contributed by atoms with Crippen LogP contribution in [0.5, 0.6) is 0 Å². The molecule has 3 heterocycles. The standard InChI is InChI=1S/C22H27N5O4/c1-4-31-22(30)26-11-9-15(10-12-26)24-20(28)14(2)27-18-8-6-5-7-16(18)17-13-23-25(3)21(29)19(17)27/h5-8,13-15H,4,9-12H2,1-3H3,(H,24,28)/t14-/m1/s1. The van der Waals surface area contributed by atoms with Crippen molar-refractivity contribution in [1.29, 1.82) is 0 Å². The van der Waals surface area contributed by atoms with Gasteiger partial charge in [-0.2, -0.15) is 5.10 Å². The Bertz CT molecular complexity index is 1190. The molecule has 0 unspecified atom stereocenters. The summed E-state index contributed by atoms with van der Waals surface area (Å²) in [6.45, 7) is 5.01. The van der Waals surface area contributed by atoms with Crippen LogP contribution in [0.4, 0.5) is 4.79 Å². The first-order valence-electron chi connectivity index (χ1n) is 10.6. The van der Waals surface area contributed by atoms with E-state index in [1.54, 1.807) is 36.6 Å². The second-order valence-corrected chi connectivity index (χ2v) is 7.87. The van der Waals surface area contributed by atoms with Crippen molar-refractivity contribution in [2.45, 2.75) is 38.8 Å². The van der Waals surface area contributed by atoms with E-state index in [0.717, 1.165) is 16.3 Å². The van der Waals surface area contributed by atoms with Crippen molar-refractivity contribution in [2.24, 2.45) is 7.05 Å². The van der Waals surface area contributed by atoms with Crippen LogP contribution in [0.15, 0.2) is 35.3 Å². The maximum atomic E-state index is 13.1. The average Bonchev–Trinajstić information content (AvgIpc) is 3.11. The van der Waals surface area contributed by atoms with E-state index in [2.05, 4.69) is 10.4 Å². The number of rotatable bonds is 4. The summed E-state index contributed by atoms with van der Waals surface area (Å²) in [5.74, 6) is -0.156. The highest BCUT2D eigenvalue weighted by molar-refractivity contribution is 6.08. The SMILES string of the molecule is CCOC(=O)N1CCC(NC(=O)[C@@H](C)n2c3ccccc3c3cnn(C)c(=O)c32)CC1. The van der Waals surface area contributed by atoms with E-state index in [0.29, 0.717) is 38.1 Å². The van der Waals surface area contributed by atoms with Gasteiger partial charge in [0, 0.05) is 37.0 Å². The highest BCUT2D eigenvalue weighted by Crippen LogP contribution is 2.29. The van der Waals surface area contributed by atoms with Gasteiger partial charge < -0.3 is 19.5 Å². The van der Waals surface area contributed by atoms with Crippen molar-refractivity contribution in [1.82, 2.24) is 24.6 Å².